The maximum Gasteiger partial charge on any atom is 0.323 e. The average Bonchev–Trinajstić information content (AvgIpc) is 2.82. The van der Waals surface area contributed by atoms with Crippen molar-refractivity contribution < 1.29 is 18.7 Å². The molecule has 0 bridgehead atoms. The maximum absolute atomic E-state index is 13.1. The third kappa shape index (κ3) is 5.07. The zero-order chi connectivity index (χ0) is 24.2. The lowest BCUT2D eigenvalue weighted by Gasteiger charge is -2.13. The second-order valence-corrected chi connectivity index (χ2v) is 7.81. The lowest BCUT2D eigenvalue weighted by Crippen LogP contribution is -2.19. The highest BCUT2D eigenvalue weighted by molar-refractivity contribution is 6.33. The van der Waals surface area contributed by atoms with Crippen molar-refractivity contribution in [1.82, 2.24) is 10.3 Å². The second-order valence-electron chi connectivity index (χ2n) is 7.40. The van der Waals surface area contributed by atoms with Crippen molar-refractivity contribution in [1.29, 1.82) is 0 Å². The molecule has 0 spiro atoms. The molecule has 1 heterocycles. The fourth-order valence-electron chi connectivity index (χ4n) is 3.35. The number of fused-ring (bicyclic) bond motifs is 1. The minimum Gasteiger partial charge on any atom is -0.457 e. The van der Waals surface area contributed by atoms with Crippen LogP contribution in [0, 0.1) is 12.7 Å². The number of nitrogens with zero attached hydrogens (tertiary/aromatic N) is 1. The molecule has 1 aromatic heterocycles. The van der Waals surface area contributed by atoms with Gasteiger partial charge in [0.2, 0.25) is 0 Å². The Morgan fingerprint density at radius 3 is 2.50 bits per heavy atom. The van der Waals surface area contributed by atoms with Crippen molar-refractivity contribution in [2.24, 2.45) is 0 Å². The summed E-state index contributed by atoms with van der Waals surface area (Å²) >= 11 is 6.25. The average molecular weight is 479 g/mol. The molecule has 0 aliphatic heterocycles. The summed E-state index contributed by atoms with van der Waals surface area (Å²) in [6.45, 7) is 1.84. The Hall–Kier alpha value is -4.17. The number of ether oxygens (including phenoxy) is 1. The highest BCUT2D eigenvalue weighted by atomic mass is 35.5. The van der Waals surface area contributed by atoms with Crippen molar-refractivity contribution in [2.75, 3.05) is 17.7 Å². The normalized spacial score (nSPS) is 10.6. The number of carbonyl (C=O) groups excluding carboxylic acids is 2. The third-order valence-electron chi connectivity index (χ3n) is 5.04. The van der Waals surface area contributed by atoms with E-state index >= 15 is 0 Å². The fraction of sp³-hybridized carbons (Fsp3) is 0.0800. The summed E-state index contributed by atoms with van der Waals surface area (Å²) in [5.74, 6) is 0.287. The van der Waals surface area contributed by atoms with E-state index in [4.69, 9.17) is 16.3 Å². The van der Waals surface area contributed by atoms with Gasteiger partial charge in [-0.2, -0.15) is 0 Å². The molecule has 0 aliphatic carbocycles. The number of pyridine rings is 1. The molecule has 0 radical (unpaired) electrons. The summed E-state index contributed by atoms with van der Waals surface area (Å²) in [6, 6.07) is 14.9. The Morgan fingerprint density at radius 2 is 1.76 bits per heavy atom. The number of amides is 3. The van der Waals surface area contributed by atoms with Gasteiger partial charge in [-0.3, -0.25) is 9.78 Å². The molecule has 0 unspecified atom stereocenters. The number of hydrogen-bond acceptors (Lipinski definition) is 4. The number of nitrogens with one attached hydrogen (secondary N) is 3. The molecule has 0 saturated heterocycles. The van der Waals surface area contributed by atoms with Crippen LogP contribution in [-0.4, -0.2) is 24.0 Å². The van der Waals surface area contributed by atoms with Gasteiger partial charge in [0.1, 0.15) is 17.3 Å². The number of benzene rings is 3. The molecular weight excluding hydrogens is 459 g/mol. The van der Waals surface area contributed by atoms with E-state index in [1.54, 1.807) is 43.6 Å². The predicted molar refractivity (Wildman–Crippen MR) is 130 cm³/mol. The molecule has 34 heavy (non-hydrogen) atoms. The minimum atomic E-state index is -0.550. The van der Waals surface area contributed by atoms with Gasteiger partial charge in [-0.1, -0.05) is 11.6 Å². The topological polar surface area (TPSA) is 92.4 Å². The van der Waals surface area contributed by atoms with Gasteiger partial charge in [0.15, 0.2) is 0 Å². The van der Waals surface area contributed by atoms with Gasteiger partial charge < -0.3 is 20.7 Å². The molecule has 3 aromatic carbocycles. The molecular formula is C25H20ClFN4O3. The summed E-state index contributed by atoms with van der Waals surface area (Å²) in [5, 5.41) is 8.85. The number of aryl methyl sites for hydroxylation is 1. The van der Waals surface area contributed by atoms with Gasteiger partial charge in [0.05, 0.1) is 16.2 Å². The van der Waals surface area contributed by atoms with Crippen LogP contribution in [0.2, 0.25) is 5.02 Å². The second kappa shape index (κ2) is 9.76. The zero-order valence-corrected chi connectivity index (χ0v) is 19.0. The van der Waals surface area contributed by atoms with Crippen LogP contribution in [-0.2, 0) is 0 Å². The molecule has 0 saturated carbocycles. The van der Waals surface area contributed by atoms with E-state index < -0.39 is 11.8 Å². The molecule has 172 valence electrons. The minimum absolute atomic E-state index is 0.209. The van der Waals surface area contributed by atoms with Gasteiger partial charge in [-0.15, -0.1) is 0 Å². The molecule has 4 rings (SSSR count). The molecule has 0 atom stereocenters. The van der Waals surface area contributed by atoms with Crippen LogP contribution in [0.1, 0.15) is 15.9 Å². The Bertz CT molecular complexity index is 1390. The first-order valence-corrected chi connectivity index (χ1v) is 10.6. The number of halogens is 2. The number of hydrogen-bond donors (Lipinski definition) is 3. The standard InChI is InChI=1S/C25H20ClFN4O3/c1-14-11-21-19(13-18(14)24(32)28-2)23(9-10-29-21)34-17-7-8-20(26)22(12-17)31-25(33)30-16-5-3-15(27)4-6-16/h3-13H,1-2H3,(H,28,32)(H2,30,31,33). The summed E-state index contributed by atoms with van der Waals surface area (Å²) in [5.41, 5.74) is 2.73. The maximum atomic E-state index is 13.1. The van der Waals surface area contributed by atoms with E-state index in [2.05, 4.69) is 20.9 Å². The highest BCUT2D eigenvalue weighted by Gasteiger charge is 2.14. The number of urea groups is 1. The van der Waals surface area contributed by atoms with E-state index in [-0.39, 0.29) is 5.91 Å². The van der Waals surface area contributed by atoms with Crippen molar-refractivity contribution in [2.45, 2.75) is 6.92 Å². The Kier molecular flexibility index (Phi) is 6.60. The van der Waals surface area contributed by atoms with Crippen molar-refractivity contribution >= 4 is 45.8 Å². The van der Waals surface area contributed by atoms with Gasteiger partial charge in [0, 0.05) is 35.9 Å². The fourth-order valence-corrected chi connectivity index (χ4v) is 3.51. The first-order chi connectivity index (χ1) is 16.3. The van der Waals surface area contributed by atoms with Gasteiger partial charge in [-0.05, 0) is 67.1 Å². The van der Waals surface area contributed by atoms with Gasteiger partial charge in [0.25, 0.3) is 5.91 Å². The van der Waals surface area contributed by atoms with Crippen LogP contribution < -0.4 is 20.7 Å². The zero-order valence-electron chi connectivity index (χ0n) is 18.3. The highest BCUT2D eigenvalue weighted by Crippen LogP contribution is 2.34. The number of anilines is 2. The van der Waals surface area contributed by atoms with Crippen LogP contribution in [0.25, 0.3) is 10.9 Å². The number of rotatable bonds is 5. The molecule has 4 aromatic rings. The largest absolute Gasteiger partial charge is 0.457 e. The molecule has 7 nitrogen and oxygen atoms in total. The number of carbonyl (C=O) groups is 2. The molecule has 0 aliphatic rings. The Morgan fingerprint density at radius 1 is 1.00 bits per heavy atom. The SMILES string of the molecule is CNC(=O)c1cc2c(Oc3ccc(Cl)c(NC(=O)Nc4ccc(F)cc4)c3)ccnc2cc1C. The smallest absolute Gasteiger partial charge is 0.323 e. The predicted octanol–water partition coefficient (Wildman–Crippen LogP) is 6.13. The molecule has 0 fully saturated rings. The van der Waals surface area contributed by atoms with E-state index in [0.29, 0.717) is 44.4 Å². The van der Waals surface area contributed by atoms with E-state index in [9.17, 15) is 14.0 Å². The summed E-state index contributed by atoms with van der Waals surface area (Å²) in [6.07, 6.45) is 1.61. The van der Waals surface area contributed by atoms with Crippen LogP contribution in [0.15, 0.2) is 66.9 Å². The summed E-state index contributed by atoms with van der Waals surface area (Å²) in [7, 11) is 1.57. The van der Waals surface area contributed by atoms with Crippen LogP contribution in [0.3, 0.4) is 0 Å². The molecule has 3 amide bonds. The lowest BCUT2D eigenvalue weighted by molar-refractivity contribution is 0.0962. The van der Waals surface area contributed by atoms with E-state index in [0.717, 1.165) is 5.56 Å². The molecule has 9 heteroatoms. The first-order valence-electron chi connectivity index (χ1n) is 10.3. The number of aromatic nitrogens is 1. The van der Waals surface area contributed by atoms with Crippen molar-refractivity contribution in [3.8, 4) is 11.5 Å². The van der Waals surface area contributed by atoms with Crippen molar-refractivity contribution in [3.63, 3.8) is 0 Å². The van der Waals surface area contributed by atoms with E-state index in [1.807, 2.05) is 13.0 Å². The quantitative estimate of drug-likeness (QED) is 0.321. The van der Waals surface area contributed by atoms with Gasteiger partial charge >= 0.3 is 6.03 Å². The van der Waals surface area contributed by atoms with Gasteiger partial charge in [-0.25, -0.2) is 9.18 Å². The lowest BCUT2D eigenvalue weighted by atomic mass is 10.0. The summed E-state index contributed by atoms with van der Waals surface area (Å²) < 4.78 is 19.1. The Labute approximate surface area is 199 Å². The summed E-state index contributed by atoms with van der Waals surface area (Å²) in [4.78, 5) is 29.0. The monoisotopic (exact) mass is 478 g/mol. The first kappa shape index (κ1) is 23.0. The van der Waals surface area contributed by atoms with Crippen LogP contribution in [0.4, 0.5) is 20.6 Å². The third-order valence-corrected chi connectivity index (χ3v) is 5.36. The Balaban J connectivity index is 1.59. The van der Waals surface area contributed by atoms with Crippen molar-refractivity contribution in [3.05, 3.63) is 88.8 Å². The van der Waals surface area contributed by atoms with E-state index in [1.165, 1.54) is 24.3 Å². The van der Waals surface area contributed by atoms with Crippen LogP contribution in [0.5, 0.6) is 11.5 Å². The van der Waals surface area contributed by atoms with Crippen LogP contribution >= 0.6 is 11.6 Å². The molecule has 3 N–H and O–H groups in total.